The molecule has 0 amide bonds. The lowest BCUT2D eigenvalue weighted by atomic mass is 10.2. The second kappa shape index (κ2) is 7.26. The van der Waals surface area contributed by atoms with Gasteiger partial charge in [0, 0.05) is 13.1 Å². The quantitative estimate of drug-likeness (QED) is 0.405. The van der Waals surface area contributed by atoms with Crippen LogP contribution in [0.5, 0.6) is 5.75 Å². The molecule has 0 atom stereocenters. The van der Waals surface area contributed by atoms with Crippen molar-refractivity contribution in [3.05, 3.63) is 56.7 Å². The van der Waals surface area contributed by atoms with Crippen LogP contribution in [-0.4, -0.2) is 30.4 Å². The van der Waals surface area contributed by atoms with Crippen molar-refractivity contribution in [2.45, 2.75) is 31.7 Å². The van der Waals surface area contributed by atoms with Crippen LogP contribution < -0.4 is 16.5 Å². The molecule has 1 aliphatic carbocycles. The Morgan fingerprint density at radius 2 is 1.89 bits per heavy atom. The highest BCUT2D eigenvalue weighted by Gasteiger charge is 2.23. The van der Waals surface area contributed by atoms with E-state index in [2.05, 4.69) is 20.5 Å². The largest absolute Gasteiger partial charge is 0.508 e. The number of aromatic nitrogens is 4. The van der Waals surface area contributed by atoms with Crippen LogP contribution in [0.3, 0.4) is 0 Å². The van der Waals surface area contributed by atoms with Crippen LogP contribution in [0, 0.1) is 0 Å². The number of phenolic OH excluding ortho intramolecular Hbond substituents is 1. The fourth-order valence-electron chi connectivity index (χ4n) is 3.51. The molecule has 1 aliphatic rings. The van der Waals surface area contributed by atoms with Crippen molar-refractivity contribution in [3.63, 3.8) is 0 Å². The first-order chi connectivity index (χ1) is 13.5. The number of nitrogens with zero attached hydrogens (tertiary/aromatic N) is 5. The molecule has 2 heterocycles. The number of rotatable bonds is 4. The van der Waals surface area contributed by atoms with Crippen molar-refractivity contribution in [2.75, 3.05) is 5.43 Å². The highest BCUT2D eigenvalue weighted by Crippen LogP contribution is 2.29. The summed E-state index contributed by atoms with van der Waals surface area (Å²) in [5, 5.41) is 13.4. The standard InChI is InChI=1S/C19H20N6O3/c1-24-15-11-20-19(23-21-10-12-6-8-14(26)9-7-12)22-16(15)25(18(28)17(24)27)13-4-2-3-5-13/h6-11,13,26H,2-5H2,1H3,(H,20,22,23)/b21-10+. The minimum atomic E-state index is -0.575. The van der Waals surface area contributed by atoms with Gasteiger partial charge in [-0.25, -0.2) is 10.4 Å². The van der Waals surface area contributed by atoms with Crippen molar-refractivity contribution in [1.29, 1.82) is 0 Å². The maximum atomic E-state index is 12.6. The average molecular weight is 380 g/mol. The Balaban J connectivity index is 1.72. The van der Waals surface area contributed by atoms with Gasteiger partial charge in [0.15, 0.2) is 5.65 Å². The number of hydrogen-bond donors (Lipinski definition) is 2. The van der Waals surface area contributed by atoms with E-state index < -0.39 is 11.1 Å². The summed E-state index contributed by atoms with van der Waals surface area (Å²) in [7, 11) is 1.55. The molecule has 2 N–H and O–H groups in total. The summed E-state index contributed by atoms with van der Waals surface area (Å²) in [6.45, 7) is 0. The number of fused-ring (bicyclic) bond motifs is 1. The SMILES string of the molecule is Cn1c(=O)c(=O)n(C2CCCC2)c2nc(N/N=C/c3ccc(O)cc3)ncc21. The molecule has 0 aliphatic heterocycles. The first kappa shape index (κ1) is 17.9. The van der Waals surface area contributed by atoms with E-state index in [-0.39, 0.29) is 17.7 Å². The topological polar surface area (TPSA) is 114 Å². The van der Waals surface area contributed by atoms with Crippen molar-refractivity contribution in [3.8, 4) is 5.75 Å². The summed E-state index contributed by atoms with van der Waals surface area (Å²) < 4.78 is 2.80. The van der Waals surface area contributed by atoms with Gasteiger partial charge in [0.05, 0.1) is 12.4 Å². The molecule has 1 fully saturated rings. The molecule has 0 unspecified atom stereocenters. The number of hydrazone groups is 1. The first-order valence-electron chi connectivity index (χ1n) is 9.11. The number of phenols is 1. The summed E-state index contributed by atoms with van der Waals surface area (Å²) in [5.41, 5.74) is 3.34. The second-order valence-corrected chi connectivity index (χ2v) is 6.84. The molecule has 0 radical (unpaired) electrons. The van der Waals surface area contributed by atoms with Gasteiger partial charge in [-0.15, -0.1) is 0 Å². The monoisotopic (exact) mass is 380 g/mol. The van der Waals surface area contributed by atoms with Gasteiger partial charge in [0.25, 0.3) is 0 Å². The van der Waals surface area contributed by atoms with E-state index in [0.29, 0.717) is 11.2 Å². The van der Waals surface area contributed by atoms with E-state index in [1.54, 1.807) is 37.5 Å². The van der Waals surface area contributed by atoms with Crippen LogP contribution in [0.2, 0.25) is 0 Å². The van der Waals surface area contributed by atoms with E-state index in [0.717, 1.165) is 31.2 Å². The first-order valence-corrected chi connectivity index (χ1v) is 9.11. The fraction of sp³-hybridized carbons (Fsp3) is 0.316. The molecule has 0 spiro atoms. The Hall–Kier alpha value is -3.49. The number of nitrogens with one attached hydrogen (secondary N) is 1. The highest BCUT2D eigenvalue weighted by atomic mass is 16.3. The number of anilines is 1. The Labute approximate surface area is 160 Å². The number of aryl methyl sites for hydroxylation is 1. The van der Waals surface area contributed by atoms with Crippen LogP contribution in [0.1, 0.15) is 37.3 Å². The fourth-order valence-corrected chi connectivity index (χ4v) is 3.51. The Morgan fingerprint density at radius 3 is 2.61 bits per heavy atom. The normalized spacial score (nSPS) is 14.9. The van der Waals surface area contributed by atoms with Gasteiger partial charge in [-0.3, -0.25) is 14.2 Å². The maximum absolute atomic E-state index is 12.6. The van der Waals surface area contributed by atoms with Crippen LogP contribution >= 0.6 is 0 Å². The lowest BCUT2D eigenvalue weighted by molar-refractivity contribution is 0.475. The van der Waals surface area contributed by atoms with Gasteiger partial charge in [0.1, 0.15) is 11.3 Å². The van der Waals surface area contributed by atoms with Gasteiger partial charge in [-0.2, -0.15) is 10.1 Å². The second-order valence-electron chi connectivity index (χ2n) is 6.84. The van der Waals surface area contributed by atoms with E-state index >= 15 is 0 Å². The van der Waals surface area contributed by atoms with Crippen molar-refractivity contribution < 1.29 is 5.11 Å². The average Bonchev–Trinajstić information content (AvgIpc) is 3.22. The summed E-state index contributed by atoms with van der Waals surface area (Å²) in [5.74, 6) is 0.408. The lowest BCUT2D eigenvalue weighted by Gasteiger charge is -2.17. The maximum Gasteiger partial charge on any atom is 0.318 e. The molecule has 3 aromatic rings. The minimum Gasteiger partial charge on any atom is -0.508 e. The molecular formula is C19H20N6O3. The summed E-state index contributed by atoms with van der Waals surface area (Å²) in [4.78, 5) is 33.6. The van der Waals surface area contributed by atoms with Gasteiger partial charge < -0.3 is 9.67 Å². The summed E-state index contributed by atoms with van der Waals surface area (Å²) in [6.07, 6.45) is 6.86. The van der Waals surface area contributed by atoms with Crippen molar-refractivity contribution in [1.82, 2.24) is 19.1 Å². The van der Waals surface area contributed by atoms with Crippen molar-refractivity contribution >= 4 is 23.3 Å². The van der Waals surface area contributed by atoms with Gasteiger partial charge in [-0.1, -0.05) is 12.8 Å². The zero-order valence-electron chi connectivity index (χ0n) is 15.4. The number of benzene rings is 1. The lowest BCUT2D eigenvalue weighted by Crippen LogP contribution is -2.42. The van der Waals surface area contributed by atoms with Crippen LogP contribution in [-0.2, 0) is 7.05 Å². The minimum absolute atomic E-state index is 0.0212. The molecule has 0 saturated heterocycles. The Morgan fingerprint density at radius 1 is 1.18 bits per heavy atom. The molecule has 144 valence electrons. The zero-order chi connectivity index (χ0) is 19.7. The Kier molecular flexibility index (Phi) is 4.64. The Bertz CT molecular complexity index is 1160. The molecule has 9 heteroatoms. The number of aromatic hydroxyl groups is 1. The van der Waals surface area contributed by atoms with Crippen LogP contribution in [0.4, 0.5) is 5.95 Å². The highest BCUT2D eigenvalue weighted by molar-refractivity contribution is 5.80. The predicted octanol–water partition coefficient (Wildman–Crippen LogP) is 1.76. The van der Waals surface area contributed by atoms with Crippen molar-refractivity contribution in [2.24, 2.45) is 12.1 Å². The molecule has 1 saturated carbocycles. The molecule has 28 heavy (non-hydrogen) atoms. The molecule has 2 aromatic heterocycles. The molecule has 1 aromatic carbocycles. The summed E-state index contributed by atoms with van der Waals surface area (Å²) in [6, 6.07) is 6.54. The molecular weight excluding hydrogens is 360 g/mol. The molecule has 0 bridgehead atoms. The predicted molar refractivity (Wildman–Crippen MR) is 106 cm³/mol. The van der Waals surface area contributed by atoms with E-state index in [4.69, 9.17) is 0 Å². The van der Waals surface area contributed by atoms with E-state index in [1.807, 2.05) is 0 Å². The molecule has 4 rings (SSSR count). The third-order valence-corrected chi connectivity index (χ3v) is 5.01. The zero-order valence-corrected chi connectivity index (χ0v) is 15.4. The third-order valence-electron chi connectivity index (χ3n) is 5.01. The van der Waals surface area contributed by atoms with Crippen LogP contribution in [0.15, 0.2) is 45.2 Å². The van der Waals surface area contributed by atoms with Gasteiger partial charge in [-0.05, 0) is 42.7 Å². The van der Waals surface area contributed by atoms with Crippen LogP contribution in [0.25, 0.3) is 11.2 Å². The van der Waals surface area contributed by atoms with E-state index in [9.17, 15) is 14.7 Å². The van der Waals surface area contributed by atoms with E-state index in [1.165, 1.54) is 15.3 Å². The summed E-state index contributed by atoms with van der Waals surface area (Å²) >= 11 is 0. The molecule has 9 nitrogen and oxygen atoms in total. The van der Waals surface area contributed by atoms with Gasteiger partial charge in [0.2, 0.25) is 5.95 Å². The third kappa shape index (κ3) is 3.26. The number of hydrogen-bond acceptors (Lipinski definition) is 7. The van der Waals surface area contributed by atoms with Gasteiger partial charge >= 0.3 is 11.1 Å². The smallest absolute Gasteiger partial charge is 0.318 e.